The van der Waals surface area contributed by atoms with E-state index in [-0.39, 0.29) is 6.10 Å². The van der Waals surface area contributed by atoms with Crippen molar-refractivity contribution in [2.24, 2.45) is 0 Å². The largest absolute Gasteiger partial charge is 0.392 e. The molecule has 6 nitrogen and oxygen atoms in total. The van der Waals surface area contributed by atoms with Crippen molar-refractivity contribution >= 4 is 5.82 Å². The highest BCUT2D eigenvalue weighted by Gasteiger charge is 2.31. The van der Waals surface area contributed by atoms with Gasteiger partial charge >= 0.3 is 0 Å². The van der Waals surface area contributed by atoms with Crippen LogP contribution in [0.5, 0.6) is 0 Å². The van der Waals surface area contributed by atoms with Crippen LogP contribution in [0.3, 0.4) is 0 Å². The second kappa shape index (κ2) is 6.27. The second-order valence-corrected chi connectivity index (χ2v) is 5.38. The van der Waals surface area contributed by atoms with Gasteiger partial charge in [-0.25, -0.2) is 4.98 Å². The topological polar surface area (TPSA) is 64.5 Å². The minimum atomic E-state index is -0.227. The van der Waals surface area contributed by atoms with Crippen LogP contribution >= 0.6 is 0 Å². The molecule has 2 unspecified atom stereocenters. The molecule has 2 heterocycles. The predicted octanol–water partition coefficient (Wildman–Crippen LogP) is 0.0151. The zero-order valence-corrected chi connectivity index (χ0v) is 11.9. The highest BCUT2D eigenvalue weighted by molar-refractivity contribution is 5.29. The van der Waals surface area contributed by atoms with Gasteiger partial charge in [-0.2, -0.15) is 0 Å². The van der Waals surface area contributed by atoms with Crippen molar-refractivity contribution < 1.29 is 5.11 Å². The monoisotopic (exact) mass is 265 g/mol. The number of aliphatic hydroxyl groups is 1. The summed E-state index contributed by atoms with van der Waals surface area (Å²) in [4.78, 5) is 13.1. The number of hydrogen-bond acceptors (Lipinski definition) is 6. The minimum Gasteiger partial charge on any atom is -0.392 e. The smallest absolute Gasteiger partial charge is 0.144 e. The third-order valence-corrected chi connectivity index (χ3v) is 3.41. The van der Waals surface area contributed by atoms with Crippen molar-refractivity contribution in [1.82, 2.24) is 19.8 Å². The van der Waals surface area contributed by atoms with E-state index in [2.05, 4.69) is 39.2 Å². The van der Waals surface area contributed by atoms with Crippen LogP contribution in [0.2, 0.25) is 0 Å². The summed E-state index contributed by atoms with van der Waals surface area (Å²) in [5.74, 6) is 0.773. The highest BCUT2D eigenvalue weighted by Crippen LogP contribution is 2.20. The Morgan fingerprint density at radius 1 is 1.42 bits per heavy atom. The van der Waals surface area contributed by atoms with Crippen LogP contribution < -0.4 is 5.32 Å². The molecule has 106 valence electrons. The number of aliphatic hydroxyl groups excluding tert-OH is 1. The molecular weight excluding hydrogens is 242 g/mol. The van der Waals surface area contributed by atoms with Crippen molar-refractivity contribution in [3.05, 3.63) is 18.1 Å². The van der Waals surface area contributed by atoms with E-state index in [0.29, 0.717) is 12.6 Å². The van der Waals surface area contributed by atoms with Crippen LogP contribution in [0.15, 0.2) is 12.4 Å². The fraction of sp³-hybridized carbons (Fsp3) is 0.692. The molecule has 2 rings (SSSR count). The number of β-amino-alcohol motifs (C(OH)–C–C–N with tert-alkyl or cyclic N) is 1. The average Bonchev–Trinajstić information content (AvgIpc) is 2.69. The Hall–Kier alpha value is -1.24. The first-order valence-electron chi connectivity index (χ1n) is 6.64. The molecule has 1 saturated heterocycles. The molecule has 0 spiro atoms. The lowest BCUT2D eigenvalue weighted by Gasteiger charge is -2.26. The van der Waals surface area contributed by atoms with E-state index < -0.39 is 0 Å². The van der Waals surface area contributed by atoms with Gasteiger partial charge in [-0.15, -0.1) is 0 Å². The fourth-order valence-electron chi connectivity index (χ4n) is 2.54. The van der Waals surface area contributed by atoms with Gasteiger partial charge in [0.15, 0.2) is 0 Å². The molecule has 1 aromatic heterocycles. The van der Waals surface area contributed by atoms with Crippen molar-refractivity contribution in [2.75, 3.05) is 39.5 Å². The number of nitrogens with zero attached hydrogens (tertiary/aromatic N) is 4. The summed E-state index contributed by atoms with van der Waals surface area (Å²) in [5, 5.41) is 12.8. The van der Waals surface area contributed by atoms with Crippen molar-refractivity contribution in [3.63, 3.8) is 0 Å². The lowest BCUT2D eigenvalue weighted by molar-refractivity contribution is 0.168. The van der Waals surface area contributed by atoms with Gasteiger partial charge < -0.3 is 15.3 Å². The quantitative estimate of drug-likeness (QED) is 0.782. The zero-order chi connectivity index (χ0) is 13.8. The Kier molecular flexibility index (Phi) is 4.68. The molecule has 0 aromatic carbocycles. The number of rotatable bonds is 5. The number of likely N-dealkylation sites (tertiary alicyclic amines) is 1. The van der Waals surface area contributed by atoms with E-state index in [1.54, 1.807) is 12.4 Å². The maximum atomic E-state index is 9.84. The molecule has 0 aliphatic carbocycles. The van der Waals surface area contributed by atoms with Crippen molar-refractivity contribution in [2.45, 2.75) is 25.1 Å². The van der Waals surface area contributed by atoms with Gasteiger partial charge in [-0.1, -0.05) is 0 Å². The molecule has 2 N–H and O–H groups in total. The van der Waals surface area contributed by atoms with Crippen LogP contribution in [0.25, 0.3) is 0 Å². The van der Waals surface area contributed by atoms with E-state index in [1.807, 2.05) is 7.05 Å². The average molecular weight is 265 g/mol. The Morgan fingerprint density at radius 2 is 2.21 bits per heavy atom. The summed E-state index contributed by atoms with van der Waals surface area (Å²) in [5.41, 5.74) is 0.942. The molecule has 1 fully saturated rings. The third kappa shape index (κ3) is 3.86. The van der Waals surface area contributed by atoms with Crippen molar-refractivity contribution in [1.29, 1.82) is 0 Å². The van der Waals surface area contributed by atoms with Crippen LogP contribution in [0, 0.1) is 0 Å². The summed E-state index contributed by atoms with van der Waals surface area (Å²) in [6.45, 7) is 2.42. The Balaban J connectivity index is 1.99. The molecular formula is C13H23N5O. The van der Waals surface area contributed by atoms with Gasteiger partial charge in [0, 0.05) is 32.7 Å². The lowest BCUT2D eigenvalue weighted by atomic mass is 10.2. The van der Waals surface area contributed by atoms with Crippen LogP contribution in [-0.2, 0) is 6.54 Å². The van der Waals surface area contributed by atoms with Crippen LogP contribution in [0.4, 0.5) is 5.82 Å². The highest BCUT2D eigenvalue weighted by atomic mass is 16.3. The normalized spacial score (nSPS) is 24.1. The first-order valence-corrected chi connectivity index (χ1v) is 6.64. The van der Waals surface area contributed by atoms with E-state index in [0.717, 1.165) is 31.0 Å². The maximum absolute atomic E-state index is 9.84. The predicted molar refractivity (Wildman–Crippen MR) is 75.0 cm³/mol. The Labute approximate surface area is 114 Å². The summed E-state index contributed by atoms with van der Waals surface area (Å²) in [7, 11) is 5.95. The van der Waals surface area contributed by atoms with Gasteiger partial charge in [-0.05, 0) is 20.5 Å². The summed E-state index contributed by atoms with van der Waals surface area (Å²) in [6, 6.07) is 0.385. The molecule has 0 radical (unpaired) electrons. The summed E-state index contributed by atoms with van der Waals surface area (Å²) >= 11 is 0. The maximum Gasteiger partial charge on any atom is 0.144 e. The standard InChI is InChI=1S/C13H23N5O/c1-14-13-6-15-10(5-16-13)7-18-9-12(19)4-11(18)8-17(2)3/h5-6,11-12,19H,4,7-9H2,1-3H3,(H,14,16). The SMILES string of the molecule is CNc1cnc(CN2CC(O)CC2CN(C)C)cn1. The first-order chi connectivity index (χ1) is 9.08. The molecule has 1 aromatic rings. The molecule has 1 aliphatic rings. The number of likely N-dealkylation sites (N-methyl/N-ethyl adjacent to an activating group) is 1. The fourth-order valence-corrected chi connectivity index (χ4v) is 2.54. The number of anilines is 1. The van der Waals surface area contributed by atoms with Crippen molar-refractivity contribution in [3.8, 4) is 0 Å². The third-order valence-electron chi connectivity index (χ3n) is 3.41. The summed E-state index contributed by atoms with van der Waals surface area (Å²) in [6.07, 6.45) is 4.14. The molecule has 0 saturated carbocycles. The molecule has 6 heteroatoms. The zero-order valence-electron chi connectivity index (χ0n) is 11.9. The molecule has 0 bridgehead atoms. The van der Waals surface area contributed by atoms with E-state index >= 15 is 0 Å². The van der Waals surface area contributed by atoms with Gasteiger partial charge in [0.2, 0.25) is 0 Å². The van der Waals surface area contributed by atoms with E-state index in [9.17, 15) is 5.11 Å². The Morgan fingerprint density at radius 3 is 2.79 bits per heavy atom. The number of aromatic nitrogens is 2. The van der Waals surface area contributed by atoms with E-state index in [1.165, 1.54) is 0 Å². The second-order valence-electron chi connectivity index (χ2n) is 5.38. The number of nitrogens with one attached hydrogen (secondary N) is 1. The molecule has 19 heavy (non-hydrogen) atoms. The van der Waals surface area contributed by atoms with Crippen LogP contribution in [-0.4, -0.2) is 71.3 Å². The van der Waals surface area contributed by atoms with Gasteiger partial charge in [0.25, 0.3) is 0 Å². The van der Waals surface area contributed by atoms with Crippen LogP contribution in [0.1, 0.15) is 12.1 Å². The molecule has 0 amide bonds. The van der Waals surface area contributed by atoms with E-state index in [4.69, 9.17) is 0 Å². The molecule has 2 atom stereocenters. The lowest BCUT2D eigenvalue weighted by Crippen LogP contribution is -2.37. The minimum absolute atomic E-state index is 0.227. The van der Waals surface area contributed by atoms with Gasteiger partial charge in [0.05, 0.1) is 24.2 Å². The first kappa shape index (κ1) is 14.2. The van der Waals surface area contributed by atoms with Gasteiger partial charge in [-0.3, -0.25) is 9.88 Å². The number of hydrogen-bond donors (Lipinski definition) is 2. The molecule has 1 aliphatic heterocycles. The Bertz CT molecular complexity index is 395. The van der Waals surface area contributed by atoms with Gasteiger partial charge in [0.1, 0.15) is 5.82 Å². The summed E-state index contributed by atoms with van der Waals surface area (Å²) < 4.78 is 0.